The number of fused-ring (bicyclic) bond motifs is 1. The maximum absolute atomic E-state index is 12.6. The van der Waals surface area contributed by atoms with Crippen LogP contribution in [-0.4, -0.2) is 67.7 Å². The molecular formula is C23H35N3O4. The van der Waals surface area contributed by atoms with Crippen LogP contribution in [0.5, 0.6) is 5.75 Å². The molecular weight excluding hydrogens is 382 g/mol. The van der Waals surface area contributed by atoms with E-state index in [2.05, 4.69) is 16.8 Å². The van der Waals surface area contributed by atoms with Crippen molar-refractivity contribution in [3.8, 4) is 5.75 Å². The van der Waals surface area contributed by atoms with Crippen molar-refractivity contribution in [2.45, 2.75) is 45.4 Å². The molecule has 166 valence electrons. The molecule has 0 bridgehead atoms. The Hall–Kier alpha value is -2.54. The van der Waals surface area contributed by atoms with Crippen LogP contribution in [0.1, 0.15) is 44.6 Å². The molecule has 1 N–H and O–H groups in total. The van der Waals surface area contributed by atoms with Crippen LogP contribution in [0.3, 0.4) is 0 Å². The number of nitrogens with one attached hydrogen (secondary N) is 1. The van der Waals surface area contributed by atoms with Crippen LogP contribution in [0, 0.1) is 0 Å². The average molecular weight is 418 g/mol. The van der Waals surface area contributed by atoms with E-state index in [1.165, 1.54) is 0 Å². The second-order valence-corrected chi connectivity index (χ2v) is 7.87. The predicted octanol–water partition coefficient (Wildman–Crippen LogP) is 4.22. The summed E-state index contributed by atoms with van der Waals surface area (Å²) >= 11 is 0. The monoisotopic (exact) mass is 417 g/mol. The summed E-state index contributed by atoms with van der Waals surface area (Å²) in [7, 11) is 5.79. The van der Waals surface area contributed by atoms with Crippen LogP contribution in [0.25, 0.3) is 10.9 Å². The normalized spacial score (nSPS) is 11.1. The van der Waals surface area contributed by atoms with Gasteiger partial charge in [-0.05, 0) is 57.5 Å². The first-order chi connectivity index (χ1) is 14.4. The van der Waals surface area contributed by atoms with Crippen molar-refractivity contribution in [1.29, 1.82) is 0 Å². The van der Waals surface area contributed by atoms with E-state index in [1.807, 2.05) is 38.5 Å². The Morgan fingerprint density at radius 3 is 2.60 bits per heavy atom. The van der Waals surface area contributed by atoms with E-state index in [1.54, 1.807) is 11.9 Å². The third-order valence-corrected chi connectivity index (χ3v) is 4.97. The second kappa shape index (κ2) is 12.2. The maximum Gasteiger partial charge on any atom is 0.414 e. The number of amides is 1. The van der Waals surface area contributed by atoms with Crippen LogP contribution < -0.4 is 4.74 Å². The lowest BCUT2D eigenvalue weighted by Crippen LogP contribution is -2.30. The minimum Gasteiger partial charge on any atom is -0.466 e. The molecule has 0 atom stereocenters. The number of hydrogen-bond acceptors (Lipinski definition) is 5. The zero-order chi connectivity index (χ0) is 21.9. The van der Waals surface area contributed by atoms with Crippen molar-refractivity contribution in [3.63, 3.8) is 0 Å². The number of H-pyrrole nitrogens is 1. The number of nitrogens with zero attached hydrogens (tertiary/aromatic N) is 2. The van der Waals surface area contributed by atoms with Crippen LogP contribution in [0.2, 0.25) is 0 Å². The van der Waals surface area contributed by atoms with Crippen molar-refractivity contribution in [1.82, 2.24) is 14.8 Å². The summed E-state index contributed by atoms with van der Waals surface area (Å²) in [5, 5.41) is 0.955. The molecule has 1 aromatic carbocycles. The standard InChI is InChI=1S/C23H35N3O4/c1-5-6-16-29-21(27)12-7-8-14-26(4)23(28)30-20-11-9-10-19-22(20)18(17-24-19)13-15-25(2)3/h9-11,17,24H,5-8,12-16H2,1-4H3. The molecule has 1 amide bonds. The molecule has 0 saturated carbocycles. The third-order valence-electron chi connectivity index (χ3n) is 4.97. The van der Waals surface area contributed by atoms with E-state index in [4.69, 9.17) is 9.47 Å². The van der Waals surface area contributed by atoms with Gasteiger partial charge in [0.2, 0.25) is 0 Å². The number of hydrogen-bond donors (Lipinski definition) is 1. The third kappa shape index (κ3) is 7.37. The second-order valence-electron chi connectivity index (χ2n) is 7.87. The molecule has 7 nitrogen and oxygen atoms in total. The Labute approximate surface area is 179 Å². The van der Waals surface area contributed by atoms with Gasteiger partial charge < -0.3 is 24.3 Å². The van der Waals surface area contributed by atoms with Crippen molar-refractivity contribution in [3.05, 3.63) is 30.0 Å². The van der Waals surface area contributed by atoms with Crippen molar-refractivity contribution in [2.24, 2.45) is 0 Å². The number of aromatic nitrogens is 1. The first-order valence-electron chi connectivity index (χ1n) is 10.7. The molecule has 0 saturated heterocycles. The van der Waals surface area contributed by atoms with E-state index in [0.717, 1.165) is 48.7 Å². The predicted molar refractivity (Wildman–Crippen MR) is 119 cm³/mol. The number of carbonyl (C=O) groups is 2. The smallest absolute Gasteiger partial charge is 0.414 e. The van der Waals surface area contributed by atoms with Gasteiger partial charge in [-0.25, -0.2) is 4.79 Å². The molecule has 1 aromatic heterocycles. The number of aromatic amines is 1. The molecule has 0 aliphatic carbocycles. The molecule has 1 heterocycles. The Morgan fingerprint density at radius 1 is 1.07 bits per heavy atom. The van der Waals surface area contributed by atoms with Gasteiger partial charge in [-0.15, -0.1) is 0 Å². The molecule has 7 heteroatoms. The fourth-order valence-electron chi connectivity index (χ4n) is 3.13. The Morgan fingerprint density at radius 2 is 1.87 bits per heavy atom. The number of rotatable bonds is 12. The highest BCUT2D eigenvalue weighted by atomic mass is 16.6. The summed E-state index contributed by atoms with van der Waals surface area (Å²) < 4.78 is 10.8. The summed E-state index contributed by atoms with van der Waals surface area (Å²) in [6, 6.07) is 5.68. The summed E-state index contributed by atoms with van der Waals surface area (Å²) in [6.45, 7) is 3.99. The summed E-state index contributed by atoms with van der Waals surface area (Å²) in [5.74, 6) is 0.400. The SMILES string of the molecule is CCCCOC(=O)CCCCN(C)C(=O)Oc1cccc2[nH]cc(CCN(C)C)c12. The zero-order valence-electron chi connectivity index (χ0n) is 18.7. The topological polar surface area (TPSA) is 74.9 Å². The first kappa shape index (κ1) is 23.7. The summed E-state index contributed by atoms with van der Waals surface area (Å²) in [6.07, 6.45) is 6.14. The van der Waals surface area contributed by atoms with Gasteiger partial charge in [-0.1, -0.05) is 19.4 Å². The highest BCUT2D eigenvalue weighted by molar-refractivity contribution is 5.91. The fourth-order valence-corrected chi connectivity index (χ4v) is 3.13. The van der Waals surface area contributed by atoms with Crippen LogP contribution >= 0.6 is 0 Å². The lowest BCUT2D eigenvalue weighted by molar-refractivity contribution is -0.143. The zero-order valence-corrected chi connectivity index (χ0v) is 18.7. The minimum atomic E-state index is -0.396. The van der Waals surface area contributed by atoms with Gasteiger partial charge in [0.25, 0.3) is 0 Å². The first-order valence-corrected chi connectivity index (χ1v) is 10.7. The molecule has 0 aliphatic rings. The van der Waals surface area contributed by atoms with Crippen LogP contribution in [0.4, 0.5) is 4.79 Å². The lowest BCUT2D eigenvalue weighted by Gasteiger charge is -2.17. The van der Waals surface area contributed by atoms with E-state index in [-0.39, 0.29) is 5.97 Å². The Balaban J connectivity index is 1.85. The van der Waals surface area contributed by atoms with Crippen molar-refractivity contribution < 1.29 is 19.1 Å². The molecule has 0 aliphatic heterocycles. The van der Waals surface area contributed by atoms with Gasteiger partial charge in [0.15, 0.2) is 0 Å². The summed E-state index contributed by atoms with van der Waals surface area (Å²) in [5.41, 5.74) is 2.09. The van der Waals surface area contributed by atoms with Crippen LogP contribution in [-0.2, 0) is 16.0 Å². The minimum absolute atomic E-state index is 0.168. The van der Waals surface area contributed by atoms with Crippen molar-refractivity contribution in [2.75, 3.05) is 40.8 Å². The van der Waals surface area contributed by atoms with Gasteiger partial charge in [-0.3, -0.25) is 4.79 Å². The maximum atomic E-state index is 12.6. The number of benzene rings is 1. The van der Waals surface area contributed by atoms with Crippen molar-refractivity contribution >= 4 is 23.0 Å². The van der Waals surface area contributed by atoms with E-state index < -0.39 is 6.09 Å². The Kier molecular flexibility index (Phi) is 9.67. The number of unbranched alkanes of at least 4 members (excludes halogenated alkanes) is 2. The highest BCUT2D eigenvalue weighted by Crippen LogP contribution is 2.29. The summed E-state index contributed by atoms with van der Waals surface area (Å²) in [4.78, 5) is 31.1. The molecule has 30 heavy (non-hydrogen) atoms. The van der Waals surface area contributed by atoms with Gasteiger partial charge in [-0.2, -0.15) is 0 Å². The molecule has 2 rings (SSSR count). The van der Waals surface area contributed by atoms with Gasteiger partial charge >= 0.3 is 12.1 Å². The van der Waals surface area contributed by atoms with Crippen LogP contribution in [0.15, 0.2) is 24.4 Å². The van der Waals surface area contributed by atoms with E-state index in [0.29, 0.717) is 31.7 Å². The molecule has 0 unspecified atom stereocenters. The molecule has 2 aromatic rings. The fraction of sp³-hybridized carbons (Fsp3) is 0.565. The number of likely N-dealkylation sites (N-methyl/N-ethyl adjacent to an activating group) is 1. The van der Waals surface area contributed by atoms with Gasteiger partial charge in [0, 0.05) is 43.7 Å². The average Bonchev–Trinajstić information content (AvgIpc) is 3.14. The number of esters is 1. The number of carbonyl (C=O) groups excluding carboxylic acids is 2. The lowest BCUT2D eigenvalue weighted by atomic mass is 10.1. The molecule has 0 radical (unpaired) electrons. The highest BCUT2D eigenvalue weighted by Gasteiger charge is 2.16. The van der Waals surface area contributed by atoms with Gasteiger partial charge in [0.1, 0.15) is 5.75 Å². The van der Waals surface area contributed by atoms with Gasteiger partial charge in [0.05, 0.1) is 6.61 Å². The van der Waals surface area contributed by atoms with E-state index in [9.17, 15) is 9.59 Å². The molecule has 0 spiro atoms. The van der Waals surface area contributed by atoms with E-state index >= 15 is 0 Å². The Bertz CT molecular complexity index is 816. The largest absolute Gasteiger partial charge is 0.466 e. The molecule has 0 fully saturated rings. The number of ether oxygens (including phenoxy) is 2. The quantitative estimate of drug-likeness (QED) is 0.413.